The van der Waals surface area contributed by atoms with Crippen molar-refractivity contribution in [1.82, 2.24) is 15.5 Å². The zero-order chi connectivity index (χ0) is 14.3. The van der Waals surface area contributed by atoms with Crippen LogP contribution in [0, 0.1) is 0 Å². The lowest BCUT2D eigenvalue weighted by Gasteiger charge is -2.22. The summed E-state index contributed by atoms with van der Waals surface area (Å²) in [5.41, 5.74) is 0. The Hall–Kier alpha value is -1.79. The molecule has 0 aliphatic carbocycles. The van der Waals surface area contributed by atoms with Gasteiger partial charge in [0.05, 0.1) is 0 Å². The van der Waals surface area contributed by atoms with Gasteiger partial charge in [0.1, 0.15) is 12.6 Å². The average Bonchev–Trinajstić information content (AvgIpc) is 2.24. The Kier molecular flexibility index (Phi) is 6.77. The lowest BCUT2D eigenvalue weighted by Crippen LogP contribution is -2.50. The molecule has 1 atom stereocenters. The first-order chi connectivity index (χ1) is 8.27. The molecule has 0 saturated heterocycles. The summed E-state index contributed by atoms with van der Waals surface area (Å²) in [5, 5.41) is 13.6. The third-order valence-electron chi connectivity index (χ3n) is 2.16. The Bertz CT molecular complexity index is 317. The topological polar surface area (TPSA) is 98.7 Å². The fraction of sp³-hybridized carbons (Fsp3) is 0.727. The number of aliphatic carboxylic acids is 1. The standard InChI is InChI=1S/C11H21N3O4/c1-5-14(6-9(15)12-7(2)3)11(18)13-8(4)10(16)17/h7-8H,5-6H2,1-4H3,(H,12,15)(H,13,18)(H,16,17)/t8-/m0/s1. The van der Waals surface area contributed by atoms with Crippen LogP contribution >= 0.6 is 0 Å². The molecule has 104 valence electrons. The summed E-state index contributed by atoms with van der Waals surface area (Å²) in [6.07, 6.45) is 0. The van der Waals surface area contributed by atoms with Crippen molar-refractivity contribution in [2.75, 3.05) is 13.1 Å². The molecule has 18 heavy (non-hydrogen) atoms. The highest BCUT2D eigenvalue weighted by Crippen LogP contribution is 1.92. The Morgan fingerprint density at radius 3 is 2.11 bits per heavy atom. The van der Waals surface area contributed by atoms with Crippen molar-refractivity contribution in [2.45, 2.75) is 39.8 Å². The van der Waals surface area contributed by atoms with Gasteiger partial charge in [0, 0.05) is 12.6 Å². The van der Waals surface area contributed by atoms with Crippen LogP contribution in [-0.4, -0.2) is 53.1 Å². The van der Waals surface area contributed by atoms with Crippen LogP contribution in [0.25, 0.3) is 0 Å². The molecule has 0 fully saturated rings. The molecule has 7 nitrogen and oxygen atoms in total. The first kappa shape index (κ1) is 16.2. The average molecular weight is 259 g/mol. The highest BCUT2D eigenvalue weighted by molar-refractivity contribution is 5.86. The molecule has 3 N–H and O–H groups in total. The van der Waals surface area contributed by atoms with E-state index in [1.165, 1.54) is 11.8 Å². The normalized spacial score (nSPS) is 11.8. The second-order valence-electron chi connectivity index (χ2n) is 4.25. The zero-order valence-corrected chi connectivity index (χ0v) is 11.2. The number of urea groups is 1. The summed E-state index contributed by atoms with van der Waals surface area (Å²) in [6, 6.07) is -1.55. The Labute approximate surface area is 107 Å². The molecule has 0 aromatic rings. The molecule has 3 amide bonds. The quantitative estimate of drug-likeness (QED) is 0.626. The molecule has 0 aliphatic heterocycles. The number of carboxylic acids is 1. The van der Waals surface area contributed by atoms with E-state index in [0.29, 0.717) is 6.54 Å². The van der Waals surface area contributed by atoms with Crippen LogP contribution in [0.1, 0.15) is 27.7 Å². The maximum atomic E-state index is 11.7. The summed E-state index contributed by atoms with van der Waals surface area (Å²) >= 11 is 0. The zero-order valence-electron chi connectivity index (χ0n) is 11.2. The maximum absolute atomic E-state index is 11.7. The van der Waals surface area contributed by atoms with Crippen LogP contribution in [0.5, 0.6) is 0 Å². The van der Waals surface area contributed by atoms with Gasteiger partial charge in [-0.1, -0.05) is 0 Å². The number of hydrogen-bond donors (Lipinski definition) is 3. The van der Waals surface area contributed by atoms with Crippen molar-refractivity contribution in [2.24, 2.45) is 0 Å². The van der Waals surface area contributed by atoms with Gasteiger partial charge in [-0.15, -0.1) is 0 Å². The molecular weight excluding hydrogens is 238 g/mol. The largest absolute Gasteiger partial charge is 0.480 e. The number of nitrogens with zero attached hydrogens (tertiary/aromatic N) is 1. The first-order valence-electron chi connectivity index (χ1n) is 5.85. The lowest BCUT2D eigenvalue weighted by atomic mass is 10.3. The van der Waals surface area contributed by atoms with Crippen LogP contribution in [0.15, 0.2) is 0 Å². The number of amides is 3. The molecule has 0 aromatic heterocycles. The molecule has 0 unspecified atom stereocenters. The van der Waals surface area contributed by atoms with Crippen LogP contribution in [0.2, 0.25) is 0 Å². The minimum Gasteiger partial charge on any atom is -0.480 e. The number of carboxylic acid groups (broad SMARTS) is 1. The third kappa shape index (κ3) is 6.07. The van der Waals surface area contributed by atoms with Gasteiger partial charge in [0.15, 0.2) is 0 Å². The van der Waals surface area contributed by atoms with E-state index < -0.39 is 18.0 Å². The van der Waals surface area contributed by atoms with Crippen molar-refractivity contribution in [3.8, 4) is 0 Å². The van der Waals surface area contributed by atoms with Gasteiger partial charge in [0.2, 0.25) is 5.91 Å². The Morgan fingerprint density at radius 2 is 1.72 bits per heavy atom. The summed E-state index contributed by atoms with van der Waals surface area (Å²) in [4.78, 5) is 35.0. The molecule has 0 radical (unpaired) electrons. The van der Waals surface area contributed by atoms with Crippen LogP contribution in [0.3, 0.4) is 0 Å². The van der Waals surface area contributed by atoms with Gasteiger partial charge in [-0.25, -0.2) is 4.79 Å². The molecule has 0 rings (SSSR count). The van der Waals surface area contributed by atoms with E-state index in [2.05, 4.69) is 10.6 Å². The lowest BCUT2D eigenvalue weighted by molar-refractivity contribution is -0.138. The predicted octanol–water partition coefficient (Wildman–Crippen LogP) is 0.0156. The Balaban J connectivity index is 4.36. The van der Waals surface area contributed by atoms with E-state index in [1.807, 2.05) is 13.8 Å². The van der Waals surface area contributed by atoms with E-state index in [0.717, 1.165) is 0 Å². The minimum atomic E-state index is -1.12. The van der Waals surface area contributed by atoms with Gasteiger partial charge < -0.3 is 20.6 Å². The molecule has 0 aromatic carbocycles. The summed E-state index contributed by atoms with van der Waals surface area (Å²) in [7, 11) is 0. The predicted molar refractivity (Wildman–Crippen MR) is 66.2 cm³/mol. The van der Waals surface area contributed by atoms with Gasteiger partial charge in [-0.2, -0.15) is 0 Å². The molecule has 0 saturated carbocycles. The number of likely N-dealkylation sites (N-methyl/N-ethyl adjacent to an activating group) is 1. The highest BCUT2D eigenvalue weighted by atomic mass is 16.4. The van der Waals surface area contributed by atoms with E-state index in [9.17, 15) is 14.4 Å². The fourth-order valence-electron chi connectivity index (χ4n) is 1.21. The summed E-state index contributed by atoms with van der Waals surface area (Å²) < 4.78 is 0. The molecule has 0 bridgehead atoms. The molecule has 7 heteroatoms. The molecule has 0 aliphatic rings. The Morgan fingerprint density at radius 1 is 1.17 bits per heavy atom. The summed E-state index contributed by atoms with van der Waals surface area (Å²) in [6.45, 7) is 6.95. The van der Waals surface area contributed by atoms with Crippen molar-refractivity contribution >= 4 is 17.9 Å². The van der Waals surface area contributed by atoms with E-state index in [-0.39, 0.29) is 18.5 Å². The van der Waals surface area contributed by atoms with Crippen LogP contribution in [-0.2, 0) is 9.59 Å². The highest BCUT2D eigenvalue weighted by Gasteiger charge is 2.20. The number of nitrogens with one attached hydrogen (secondary N) is 2. The van der Waals surface area contributed by atoms with Gasteiger partial charge in [-0.05, 0) is 27.7 Å². The monoisotopic (exact) mass is 259 g/mol. The SMILES string of the molecule is CCN(CC(=O)NC(C)C)C(=O)N[C@@H](C)C(=O)O. The number of carbonyl (C=O) groups is 3. The number of rotatable bonds is 6. The minimum absolute atomic E-state index is 0.00258. The van der Waals surface area contributed by atoms with Crippen molar-refractivity contribution < 1.29 is 19.5 Å². The summed E-state index contributed by atoms with van der Waals surface area (Å²) in [5.74, 6) is -1.39. The van der Waals surface area contributed by atoms with Gasteiger partial charge in [0.25, 0.3) is 0 Å². The van der Waals surface area contributed by atoms with Gasteiger partial charge >= 0.3 is 12.0 Å². The van der Waals surface area contributed by atoms with Gasteiger partial charge in [-0.3, -0.25) is 9.59 Å². The molecule has 0 spiro atoms. The van der Waals surface area contributed by atoms with Crippen molar-refractivity contribution in [3.05, 3.63) is 0 Å². The van der Waals surface area contributed by atoms with E-state index in [1.54, 1.807) is 6.92 Å². The smallest absolute Gasteiger partial charge is 0.325 e. The second kappa shape index (κ2) is 7.52. The third-order valence-corrected chi connectivity index (χ3v) is 2.16. The second-order valence-corrected chi connectivity index (χ2v) is 4.25. The van der Waals surface area contributed by atoms with E-state index >= 15 is 0 Å². The number of carbonyl (C=O) groups excluding carboxylic acids is 2. The fourth-order valence-corrected chi connectivity index (χ4v) is 1.21. The molecule has 0 heterocycles. The maximum Gasteiger partial charge on any atom is 0.325 e. The number of hydrogen-bond acceptors (Lipinski definition) is 3. The molecular formula is C11H21N3O4. The van der Waals surface area contributed by atoms with Crippen LogP contribution in [0.4, 0.5) is 4.79 Å². The first-order valence-corrected chi connectivity index (χ1v) is 5.85. The van der Waals surface area contributed by atoms with Crippen molar-refractivity contribution in [3.63, 3.8) is 0 Å². The van der Waals surface area contributed by atoms with Crippen LogP contribution < -0.4 is 10.6 Å². The van der Waals surface area contributed by atoms with E-state index in [4.69, 9.17) is 5.11 Å². The van der Waals surface area contributed by atoms with Crippen molar-refractivity contribution in [1.29, 1.82) is 0 Å².